The Morgan fingerprint density at radius 2 is 2.11 bits per heavy atom. The number of pyridine rings is 1. The normalized spacial score (nSPS) is 11.1. The highest BCUT2D eigenvalue weighted by atomic mass is 16.5. The van der Waals surface area contributed by atoms with Gasteiger partial charge in [-0.1, -0.05) is 13.8 Å². The van der Waals surface area contributed by atoms with E-state index in [0.717, 1.165) is 12.8 Å². The number of nitrogens with two attached hydrogens (primary N) is 1. The zero-order chi connectivity index (χ0) is 13.6. The van der Waals surface area contributed by atoms with Gasteiger partial charge in [0.25, 0.3) is 0 Å². The first kappa shape index (κ1) is 14.4. The van der Waals surface area contributed by atoms with Crippen molar-refractivity contribution >= 4 is 5.97 Å². The number of carbonyl (C=O) groups excluding carboxylic acids is 1. The first-order valence-corrected chi connectivity index (χ1v) is 6.00. The molecule has 2 N–H and O–H groups in total. The van der Waals surface area contributed by atoms with Crippen molar-refractivity contribution in [2.75, 3.05) is 13.7 Å². The topological polar surface area (TPSA) is 74.4 Å². The van der Waals surface area contributed by atoms with Crippen molar-refractivity contribution in [1.82, 2.24) is 4.98 Å². The van der Waals surface area contributed by atoms with Gasteiger partial charge in [-0.05, 0) is 18.9 Å². The molecule has 0 spiro atoms. The van der Waals surface area contributed by atoms with Gasteiger partial charge in [0.1, 0.15) is 6.61 Å². The largest absolute Gasteiger partial charge is 0.476 e. The Hall–Kier alpha value is -1.62. The third kappa shape index (κ3) is 3.70. The van der Waals surface area contributed by atoms with Gasteiger partial charge in [-0.15, -0.1) is 0 Å². The first-order valence-electron chi connectivity index (χ1n) is 6.00. The number of methoxy groups -OCH3 is 1. The lowest BCUT2D eigenvalue weighted by Gasteiger charge is -2.26. The Bertz CT molecular complexity index is 403. The van der Waals surface area contributed by atoms with E-state index in [0.29, 0.717) is 18.1 Å². The zero-order valence-electron chi connectivity index (χ0n) is 11.1. The van der Waals surface area contributed by atoms with Gasteiger partial charge < -0.3 is 15.2 Å². The second-order valence-corrected chi connectivity index (χ2v) is 4.23. The van der Waals surface area contributed by atoms with E-state index >= 15 is 0 Å². The SMILES string of the molecule is CCC(N)(CC)COc1cc(C(=O)OC)ccn1. The number of esters is 1. The van der Waals surface area contributed by atoms with Crippen LogP contribution in [0, 0.1) is 0 Å². The Morgan fingerprint density at radius 3 is 2.67 bits per heavy atom. The van der Waals surface area contributed by atoms with Crippen LogP contribution >= 0.6 is 0 Å². The number of aromatic nitrogens is 1. The van der Waals surface area contributed by atoms with E-state index in [1.54, 1.807) is 12.1 Å². The molecule has 0 saturated carbocycles. The average molecular weight is 252 g/mol. The summed E-state index contributed by atoms with van der Waals surface area (Å²) < 4.78 is 10.2. The molecule has 0 aromatic carbocycles. The van der Waals surface area contributed by atoms with E-state index in [2.05, 4.69) is 9.72 Å². The smallest absolute Gasteiger partial charge is 0.338 e. The Labute approximate surface area is 107 Å². The molecule has 0 fully saturated rings. The molecule has 100 valence electrons. The molecule has 0 aliphatic rings. The van der Waals surface area contributed by atoms with Crippen LogP contribution in [-0.4, -0.2) is 30.2 Å². The standard InChI is InChI=1S/C13H20N2O3/c1-4-13(14,5-2)9-18-11-8-10(6-7-15-11)12(16)17-3/h6-8H,4-5,9,14H2,1-3H3. The lowest BCUT2D eigenvalue weighted by Crippen LogP contribution is -2.44. The van der Waals surface area contributed by atoms with Gasteiger partial charge in [0.15, 0.2) is 0 Å². The minimum atomic E-state index is -0.410. The van der Waals surface area contributed by atoms with Crippen LogP contribution < -0.4 is 10.5 Å². The molecule has 0 unspecified atom stereocenters. The molecule has 0 aliphatic carbocycles. The van der Waals surface area contributed by atoms with Crippen molar-refractivity contribution in [3.63, 3.8) is 0 Å². The molecule has 0 bridgehead atoms. The summed E-state index contributed by atoms with van der Waals surface area (Å²) in [6.07, 6.45) is 3.15. The summed E-state index contributed by atoms with van der Waals surface area (Å²) in [5, 5.41) is 0. The number of rotatable bonds is 6. The lowest BCUT2D eigenvalue weighted by atomic mass is 9.96. The van der Waals surface area contributed by atoms with E-state index < -0.39 is 5.97 Å². The highest BCUT2D eigenvalue weighted by Crippen LogP contribution is 2.15. The predicted molar refractivity (Wildman–Crippen MR) is 68.6 cm³/mol. The molecule has 5 heteroatoms. The van der Waals surface area contributed by atoms with Gasteiger partial charge in [0, 0.05) is 17.8 Å². The molecule has 1 rings (SSSR count). The van der Waals surface area contributed by atoms with Gasteiger partial charge in [-0.25, -0.2) is 9.78 Å². The Balaban J connectivity index is 2.71. The molecule has 18 heavy (non-hydrogen) atoms. The fourth-order valence-electron chi connectivity index (χ4n) is 1.40. The van der Waals surface area contributed by atoms with E-state index in [4.69, 9.17) is 10.5 Å². The van der Waals surface area contributed by atoms with E-state index in [-0.39, 0.29) is 5.54 Å². The van der Waals surface area contributed by atoms with Crippen molar-refractivity contribution in [2.24, 2.45) is 5.73 Å². The summed E-state index contributed by atoms with van der Waals surface area (Å²) in [6.45, 7) is 4.41. The van der Waals surface area contributed by atoms with Crippen LogP contribution in [0.3, 0.4) is 0 Å². The van der Waals surface area contributed by atoms with Crippen molar-refractivity contribution in [1.29, 1.82) is 0 Å². The van der Waals surface area contributed by atoms with Crippen LogP contribution in [0.2, 0.25) is 0 Å². The average Bonchev–Trinajstić information content (AvgIpc) is 2.44. The van der Waals surface area contributed by atoms with Gasteiger partial charge in [0.05, 0.1) is 12.7 Å². The molecule has 5 nitrogen and oxygen atoms in total. The minimum Gasteiger partial charge on any atom is -0.476 e. The summed E-state index contributed by atoms with van der Waals surface area (Å²) in [7, 11) is 1.34. The molecule has 1 heterocycles. The quantitative estimate of drug-likeness (QED) is 0.781. The van der Waals surface area contributed by atoms with Crippen molar-refractivity contribution in [2.45, 2.75) is 32.2 Å². The van der Waals surface area contributed by atoms with E-state index in [1.165, 1.54) is 13.3 Å². The van der Waals surface area contributed by atoms with Gasteiger partial charge in [-0.3, -0.25) is 0 Å². The zero-order valence-corrected chi connectivity index (χ0v) is 11.1. The second kappa shape index (κ2) is 6.35. The van der Waals surface area contributed by atoms with Crippen LogP contribution in [0.4, 0.5) is 0 Å². The summed E-state index contributed by atoms with van der Waals surface area (Å²) >= 11 is 0. The van der Waals surface area contributed by atoms with Gasteiger partial charge in [-0.2, -0.15) is 0 Å². The maximum Gasteiger partial charge on any atom is 0.338 e. The second-order valence-electron chi connectivity index (χ2n) is 4.23. The number of nitrogens with zero attached hydrogens (tertiary/aromatic N) is 1. The van der Waals surface area contributed by atoms with Crippen LogP contribution in [0.15, 0.2) is 18.3 Å². The molecule has 0 saturated heterocycles. The third-order valence-electron chi connectivity index (χ3n) is 3.07. The molecule has 1 aromatic rings. The van der Waals surface area contributed by atoms with Crippen LogP contribution in [-0.2, 0) is 4.74 Å². The number of hydrogen-bond donors (Lipinski definition) is 1. The fourth-order valence-corrected chi connectivity index (χ4v) is 1.40. The highest BCUT2D eigenvalue weighted by Gasteiger charge is 2.21. The summed E-state index contributed by atoms with van der Waals surface area (Å²) in [5.74, 6) is -0.0260. The number of carbonyl (C=O) groups is 1. The molecule has 0 atom stereocenters. The Morgan fingerprint density at radius 1 is 1.44 bits per heavy atom. The van der Waals surface area contributed by atoms with Crippen LogP contribution in [0.1, 0.15) is 37.0 Å². The summed E-state index contributed by atoms with van der Waals surface area (Å²) in [4.78, 5) is 15.4. The monoisotopic (exact) mass is 252 g/mol. The molecule has 0 aliphatic heterocycles. The number of hydrogen-bond acceptors (Lipinski definition) is 5. The lowest BCUT2D eigenvalue weighted by molar-refractivity contribution is 0.0600. The summed E-state index contributed by atoms with van der Waals surface area (Å²) in [5.41, 5.74) is 6.18. The maximum absolute atomic E-state index is 11.3. The highest BCUT2D eigenvalue weighted by molar-refractivity contribution is 5.89. The molecular weight excluding hydrogens is 232 g/mol. The van der Waals surface area contributed by atoms with Crippen molar-refractivity contribution in [3.05, 3.63) is 23.9 Å². The first-order chi connectivity index (χ1) is 8.54. The molecule has 0 radical (unpaired) electrons. The van der Waals surface area contributed by atoms with Crippen LogP contribution in [0.5, 0.6) is 5.88 Å². The van der Waals surface area contributed by atoms with E-state index in [9.17, 15) is 4.79 Å². The van der Waals surface area contributed by atoms with Crippen molar-refractivity contribution in [3.8, 4) is 5.88 Å². The minimum absolute atomic E-state index is 0.358. The van der Waals surface area contributed by atoms with Crippen LogP contribution in [0.25, 0.3) is 0 Å². The van der Waals surface area contributed by atoms with Gasteiger partial charge >= 0.3 is 5.97 Å². The predicted octanol–water partition coefficient (Wildman–Crippen LogP) is 1.76. The van der Waals surface area contributed by atoms with Gasteiger partial charge in [0.2, 0.25) is 5.88 Å². The number of ether oxygens (including phenoxy) is 2. The molecule has 0 amide bonds. The Kier molecular flexibility index (Phi) is 5.09. The third-order valence-corrected chi connectivity index (χ3v) is 3.07. The van der Waals surface area contributed by atoms with E-state index in [1.807, 2.05) is 13.8 Å². The maximum atomic E-state index is 11.3. The molecule has 1 aromatic heterocycles. The van der Waals surface area contributed by atoms with Crippen molar-refractivity contribution < 1.29 is 14.3 Å². The summed E-state index contributed by atoms with van der Waals surface area (Å²) in [6, 6.07) is 3.13. The molecular formula is C13H20N2O3. The fraction of sp³-hybridized carbons (Fsp3) is 0.538.